The second-order valence-electron chi connectivity index (χ2n) is 7.65. The van der Waals surface area contributed by atoms with E-state index in [9.17, 15) is 9.59 Å². The van der Waals surface area contributed by atoms with E-state index in [1.807, 2.05) is 24.3 Å². The van der Waals surface area contributed by atoms with Crippen molar-refractivity contribution in [3.63, 3.8) is 0 Å². The van der Waals surface area contributed by atoms with E-state index in [1.54, 1.807) is 4.90 Å². The maximum absolute atomic E-state index is 12.6. The number of carbonyl (C=O) groups is 2. The van der Waals surface area contributed by atoms with Crippen molar-refractivity contribution in [1.29, 1.82) is 0 Å². The van der Waals surface area contributed by atoms with Gasteiger partial charge in [-0.15, -0.1) is 0 Å². The normalized spacial score (nSPS) is 24.0. The van der Waals surface area contributed by atoms with Gasteiger partial charge in [-0.2, -0.15) is 0 Å². The number of hydrogen-bond acceptors (Lipinski definition) is 3. The van der Waals surface area contributed by atoms with E-state index in [2.05, 4.69) is 24.3 Å². The van der Waals surface area contributed by atoms with Crippen LogP contribution in [0.1, 0.15) is 48.9 Å². The van der Waals surface area contributed by atoms with Crippen LogP contribution in [0, 0.1) is 5.92 Å². The van der Waals surface area contributed by atoms with Crippen molar-refractivity contribution < 1.29 is 9.59 Å². The Morgan fingerprint density at radius 3 is 2.64 bits per heavy atom. The largest absolute Gasteiger partial charge is 0.349 e. The molecule has 1 aliphatic carbocycles. The highest BCUT2D eigenvalue weighted by molar-refractivity contribution is 5.99. The summed E-state index contributed by atoms with van der Waals surface area (Å²) >= 11 is 0. The van der Waals surface area contributed by atoms with Gasteiger partial charge in [0.15, 0.2) is 0 Å². The molecule has 0 radical (unpaired) electrons. The highest BCUT2D eigenvalue weighted by atomic mass is 16.2. The third kappa shape index (κ3) is 4.60. The van der Waals surface area contributed by atoms with Gasteiger partial charge in [0.1, 0.15) is 0 Å². The third-order valence-corrected chi connectivity index (χ3v) is 5.30. The fourth-order valence-corrected chi connectivity index (χ4v) is 4.01. The average Bonchev–Trinajstić information content (AvgIpc) is 3.02. The van der Waals surface area contributed by atoms with Gasteiger partial charge >= 0.3 is 0 Å². The molecule has 2 amide bonds. The van der Waals surface area contributed by atoms with Gasteiger partial charge in [-0.05, 0) is 70.3 Å². The van der Waals surface area contributed by atoms with Gasteiger partial charge in [0.25, 0.3) is 5.91 Å². The second-order valence-corrected chi connectivity index (χ2v) is 7.65. The van der Waals surface area contributed by atoms with Crippen molar-refractivity contribution in [2.24, 2.45) is 5.92 Å². The van der Waals surface area contributed by atoms with Crippen LogP contribution in [0.2, 0.25) is 0 Å². The predicted octanol–water partition coefficient (Wildman–Crippen LogP) is 2.66. The van der Waals surface area contributed by atoms with Gasteiger partial charge in [0, 0.05) is 36.8 Å². The molecule has 5 nitrogen and oxygen atoms in total. The van der Waals surface area contributed by atoms with E-state index >= 15 is 0 Å². The second kappa shape index (κ2) is 8.00. The van der Waals surface area contributed by atoms with Crippen LogP contribution in [0.3, 0.4) is 0 Å². The number of hydrogen-bond donors (Lipinski definition) is 1. The molecule has 1 heterocycles. The molecule has 1 aromatic rings. The lowest BCUT2D eigenvalue weighted by molar-refractivity contribution is -0.117. The molecule has 1 aromatic carbocycles. The first-order chi connectivity index (χ1) is 12.0. The Bertz CT molecular complexity index is 621. The van der Waals surface area contributed by atoms with Crippen LogP contribution >= 0.6 is 0 Å². The molecule has 2 fully saturated rings. The number of nitrogens with one attached hydrogen (secondary N) is 1. The molecule has 136 valence electrons. The molecule has 5 heteroatoms. The van der Waals surface area contributed by atoms with Crippen LogP contribution in [0.4, 0.5) is 5.69 Å². The molecule has 0 unspecified atom stereocenters. The highest BCUT2D eigenvalue weighted by Gasteiger charge is 2.25. The molecule has 1 aliphatic heterocycles. The summed E-state index contributed by atoms with van der Waals surface area (Å²) in [5.74, 6) is 0.869. The quantitative estimate of drug-likeness (QED) is 0.894. The zero-order valence-corrected chi connectivity index (χ0v) is 15.3. The summed E-state index contributed by atoms with van der Waals surface area (Å²) in [6, 6.07) is 7.71. The topological polar surface area (TPSA) is 52.7 Å². The van der Waals surface area contributed by atoms with Crippen molar-refractivity contribution >= 4 is 17.5 Å². The summed E-state index contributed by atoms with van der Waals surface area (Å²) in [6.45, 7) is 1.88. The molecule has 0 spiro atoms. The predicted molar refractivity (Wildman–Crippen MR) is 99.8 cm³/mol. The van der Waals surface area contributed by atoms with E-state index in [1.165, 1.54) is 12.8 Å². The molecule has 3 rings (SSSR count). The van der Waals surface area contributed by atoms with E-state index in [0.717, 1.165) is 44.0 Å². The Labute approximate surface area is 150 Å². The number of anilines is 1. The fraction of sp³-hybridized carbons (Fsp3) is 0.600. The Morgan fingerprint density at radius 1 is 1.24 bits per heavy atom. The summed E-state index contributed by atoms with van der Waals surface area (Å²) in [6.07, 6.45) is 5.94. The average molecular weight is 343 g/mol. The number of carbonyl (C=O) groups excluding carboxylic acids is 2. The first-order valence-electron chi connectivity index (χ1n) is 9.39. The molecule has 1 saturated carbocycles. The Balaban J connectivity index is 1.56. The van der Waals surface area contributed by atoms with Gasteiger partial charge in [0.05, 0.1) is 0 Å². The SMILES string of the molecule is CN(C)CC1CCC(NC(=O)c2cccc(N3CCCC3=O)c2)CC1. The molecule has 0 bridgehead atoms. The van der Waals surface area contributed by atoms with Crippen molar-refractivity contribution in [3.05, 3.63) is 29.8 Å². The summed E-state index contributed by atoms with van der Waals surface area (Å²) < 4.78 is 0. The van der Waals surface area contributed by atoms with Crippen molar-refractivity contribution in [2.75, 3.05) is 32.1 Å². The van der Waals surface area contributed by atoms with Crippen LogP contribution in [-0.2, 0) is 4.79 Å². The molecule has 2 aliphatic rings. The Morgan fingerprint density at radius 2 is 2.00 bits per heavy atom. The maximum atomic E-state index is 12.6. The molecular weight excluding hydrogens is 314 g/mol. The summed E-state index contributed by atoms with van der Waals surface area (Å²) in [5.41, 5.74) is 1.48. The number of benzene rings is 1. The summed E-state index contributed by atoms with van der Waals surface area (Å²) in [4.78, 5) is 28.5. The van der Waals surface area contributed by atoms with E-state index in [-0.39, 0.29) is 17.9 Å². The van der Waals surface area contributed by atoms with Gasteiger partial charge < -0.3 is 15.1 Å². The molecule has 0 aromatic heterocycles. The van der Waals surface area contributed by atoms with Gasteiger partial charge in [-0.3, -0.25) is 9.59 Å². The van der Waals surface area contributed by atoms with Crippen LogP contribution in [0.15, 0.2) is 24.3 Å². The molecular formula is C20H29N3O2. The Kier molecular flexibility index (Phi) is 5.74. The minimum Gasteiger partial charge on any atom is -0.349 e. The summed E-state index contributed by atoms with van der Waals surface area (Å²) in [7, 11) is 4.23. The minimum atomic E-state index is -0.0236. The lowest BCUT2D eigenvalue weighted by Gasteiger charge is -2.30. The summed E-state index contributed by atoms with van der Waals surface area (Å²) in [5, 5.41) is 3.18. The van der Waals surface area contributed by atoms with Gasteiger partial charge in [0.2, 0.25) is 5.91 Å². The fourth-order valence-electron chi connectivity index (χ4n) is 4.01. The van der Waals surface area contributed by atoms with Crippen molar-refractivity contribution in [2.45, 2.75) is 44.6 Å². The van der Waals surface area contributed by atoms with E-state index in [0.29, 0.717) is 12.0 Å². The minimum absolute atomic E-state index is 0.0236. The first kappa shape index (κ1) is 17.9. The maximum Gasteiger partial charge on any atom is 0.251 e. The lowest BCUT2D eigenvalue weighted by Crippen LogP contribution is -2.39. The molecule has 25 heavy (non-hydrogen) atoms. The van der Waals surface area contributed by atoms with E-state index < -0.39 is 0 Å². The highest BCUT2D eigenvalue weighted by Crippen LogP contribution is 2.26. The van der Waals surface area contributed by atoms with E-state index in [4.69, 9.17) is 0 Å². The van der Waals surface area contributed by atoms with Crippen molar-refractivity contribution in [3.8, 4) is 0 Å². The van der Waals surface area contributed by atoms with Crippen LogP contribution in [0.25, 0.3) is 0 Å². The van der Waals surface area contributed by atoms with Gasteiger partial charge in [-0.25, -0.2) is 0 Å². The first-order valence-corrected chi connectivity index (χ1v) is 9.39. The number of nitrogens with zero attached hydrogens (tertiary/aromatic N) is 2. The smallest absolute Gasteiger partial charge is 0.251 e. The number of rotatable bonds is 5. The number of amides is 2. The zero-order valence-electron chi connectivity index (χ0n) is 15.3. The molecule has 1 saturated heterocycles. The van der Waals surface area contributed by atoms with Crippen LogP contribution in [-0.4, -0.2) is 49.9 Å². The monoisotopic (exact) mass is 343 g/mol. The standard InChI is InChI=1S/C20H29N3O2/c1-22(2)14-15-8-10-17(11-9-15)21-20(25)16-5-3-6-18(13-16)23-12-4-7-19(23)24/h3,5-6,13,15,17H,4,7-12,14H2,1-2H3,(H,21,25). The zero-order chi connectivity index (χ0) is 17.8. The van der Waals surface area contributed by atoms with Crippen molar-refractivity contribution in [1.82, 2.24) is 10.2 Å². The van der Waals surface area contributed by atoms with Crippen LogP contribution < -0.4 is 10.2 Å². The molecule has 1 N–H and O–H groups in total. The Hall–Kier alpha value is -1.88. The lowest BCUT2D eigenvalue weighted by atomic mass is 9.85. The van der Waals surface area contributed by atoms with Crippen LogP contribution in [0.5, 0.6) is 0 Å². The molecule has 0 atom stereocenters. The third-order valence-electron chi connectivity index (χ3n) is 5.30. The van der Waals surface area contributed by atoms with Gasteiger partial charge in [-0.1, -0.05) is 6.07 Å².